The highest BCUT2D eigenvalue weighted by molar-refractivity contribution is 5.38. The average molecular weight is 217 g/mol. The largest absolute Gasteiger partial charge is 0.496 e. The average Bonchev–Trinajstić information content (AvgIpc) is 2.25. The Balaban J connectivity index is 2.89. The first kappa shape index (κ1) is 11.9. The summed E-state index contributed by atoms with van der Waals surface area (Å²) in [5.41, 5.74) is 3.19. The Kier molecular flexibility index (Phi) is 4.45. The topological polar surface area (TPSA) is 30.5 Å². The number of nitrogens with one attached hydrogen (secondary N) is 1. The van der Waals surface area contributed by atoms with Crippen LogP contribution in [0.15, 0.2) is 18.2 Å². The van der Waals surface area contributed by atoms with Crippen molar-refractivity contribution in [2.24, 2.45) is 0 Å². The van der Waals surface area contributed by atoms with E-state index in [4.69, 9.17) is 4.74 Å². The number of benzene rings is 1. The standard InChI is InChI=1S/C10H13F2NO2/c1-14-9-4-3-7(6-13-15-2)5-8(9)10(11)12/h3-5,10,13H,6H2,1-2H3. The Bertz CT molecular complexity index is 318. The zero-order valence-corrected chi connectivity index (χ0v) is 8.59. The molecule has 0 radical (unpaired) electrons. The van der Waals surface area contributed by atoms with Gasteiger partial charge in [-0.1, -0.05) is 6.07 Å². The molecule has 0 fully saturated rings. The van der Waals surface area contributed by atoms with Gasteiger partial charge in [0.05, 0.1) is 19.8 Å². The SMILES string of the molecule is CONCc1ccc(OC)c(C(F)F)c1. The predicted octanol–water partition coefficient (Wildman–Crippen LogP) is 2.28. The number of alkyl halides is 2. The van der Waals surface area contributed by atoms with Crippen molar-refractivity contribution in [3.63, 3.8) is 0 Å². The summed E-state index contributed by atoms with van der Waals surface area (Å²) in [5, 5.41) is 0. The summed E-state index contributed by atoms with van der Waals surface area (Å²) in [6, 6.07) is 4.63. The van der Waals surface area contributed by atoms with Crippen LogP contribution < -0.4 is 10.2 Å². The smallest absolute Gasteiger partial charge is 0.267 e. The molecule has 0 saturated carbocycles. The van der Waals surface area contributed by atoms with Gasteiger partial charge in [-0.15, -0.1) is 0 Å². The summed E-state index contributed by atoms with van der Waals surface area (Å²) in [6.45, 7) is 0.375. The van der Waals surface area contributed by atoms with Gasteiger partial charge in [-0.2, -0.15) is 5.48 Å². The number of hydroxylamine groups is 1. The molecule has 0 heterocycles. The molecule has 84 valence electrons. The van der Waals surface area contributed by atoms with E-state index in [1.807, 2.05) is 0 Å². The summed E-state index contributed by atoms with van der Waals surface area (Å²) >= 11 is 0. The van der Waals surface area contributed by atoms with Gasteiger partial charge >= 0.3 is 0 Å². The Hall–Kier alpha value is -1.20. The van der Waals surface area contributed by atoms with Crippen LogP contribution in [0.2, 0.25) is 0 Å². The van der Waals surface area contributed by atoms with Crippen LogP contribution in [0.25, 0.3) is 0 Å². The number of methoxy groups -OCH3 is 1. The molecule has 0 aliphatic carbocycles. The molecule has 15 heavy (non-hydrogen) atoms. The van der Waals surface area contributed by atoms with Gasteiger partial charge in [-0.3, -0.25) is 0 Å². The minimum absolute atomic E-state index is 0.104. The van der Waals surface area contributed by atoms with Gasteiger partial charge < -0.3 is 9.57 Å². The van der Waals surface area contributed by atoms with Crippen molar-refractivity contribution in [1.82, 2.24) is 5.48 Å². The minimum atomic E-state index is -2.54. The lowest BCUT2D eigenvalue weighted by atomic mass is 10.1. The van der Waals surface area contributed by atoms with E-state index in [0.29, 0.717) is 12.1 Å². The number of hydrogen-bond acceptors (Lipinski definition) is 3. The first-order chi connectivity index (χ1) is 7.19. The van der Waals surface area contributed by atoms with Crippen LogP contribution >= 0.6 is 0 Å². The van der Waals surface area contributed by atoms with Crippen LogP contribution in [0.1, 0.15) is 17.6 Å². The minimum Gasteiger partial charge on any atom is -0.496 e. The van der Waals surface area contributed by atoms with E-state index in [2.05, 4.69) is 10.3 Å². The molecular formula is C10H13F2NO2. The van der Waals surface area contributed by atoms with E-state index in [1.165, 1.54) is 26.4 Å². The lowest BCUT2D eigenvalue weighted by Gasteiger charge is -2.10. The molecule has 0 atom stereocenters. The molecule has 1 rings (SSSR count). The van der Waals surface area contributed by atoms with E-state index in [1.54, 1.807) is 6.07 Å². The lowest BCUT2D eigenvalue weighted by Crippen LogP contribution is -2.11. The monoisotopic (exact) mass is 217 g/mol. The summed E-state index contributed by atoms with van der Waals surface area (Å²) in [7, 11) is 2.84. The van der Waals surface area contributed by atoms with Crippen molar-refractivity contribution in [1.29, 1.82) is 0 Å². The molecule has 1 N–H and O–H groups in total. The van der Waals surface area contributed by atoms with Gasteiger partial charge in [0.1, 0.15) is 5.75 Å². The van der Waals surface area contributed by atoms with Crippen molar-refractivity contribution < 1.29 is 18.4 Å². The van der Waals surface area contributed by atoms with Crippen LogP contribution in [-0.4, -0.2) is 14.2 Å². The van der Waals surface area contributed by atoms with Crippen LogP contribution in [-0.2, 0) is 11.4 Å². The van der Waals surface area contributed by atoms with Gasteiger partial charge in [0.2, 0.25) is 0 Å². The predicted molar refractivity (Wildman–Crippen MR) is 51.8 cm³/mol. The highest BCUT2D eigenvalue weighted by atomic mass is 19.3. The molecule has 0 aliphatic heterocycles. The van der Waals surface area contributed by atoms with E-state index in [0.717, 1.165) is 0 Å². The zero-order chi connectivity index (χ0) is 11.3. The fourth-order valence-electron chi connectivity index (χ4n) is 1.22. The molecule has 3 nitrogen and oxygen atoms in total. The van der Waals surface area contributed by atoms with Crippen molar-refractivity contribution in [3.8, 4) is 5.75 Å². The fourth-order valence-corrected chi connectivity index (χ4v) is 1.22. The van der Waals surface area contributed by atoms with Gasteiger partial charge in [-0.25, -0.2) is 8.78 Å². The Morgan fingerprint density at radius 2 is 2.07 bits per heavy atom. The number of ether oxygens (including phenoxy) is 1. The Labute approximate surface area is 87.0 Å². The second kappa shape index (κ2) is 5.63. The van der Waals surface area contributed by atoms with E-state index in [9.17, 15) is 8.78 Å². The van der Waals surface area contributed by atoms with Crippen molar-refractivity contribution in [3.05, 3.63) is 29.3 Å². The van der Waals surface area contributed by atoms with E-state index < -0.39 is 6.43 Å². The first-order valence-corrected chi connectivity index (χ1v) is 4.39. The van der Waals surface area contributed by atoms with Crippen molar-refractivity contribution in [2.75, 3.05) is 14.2 Å². The summed E-state index contributed by atoms with van der Waals surface area (Å²) < 4.78 is 30.0. The number of halogens is 2. The summed E-state index contributed by atoms with van der Waals surface area (Å²) in [5.74, 6) is 0.200. The third kappa shape index (κ3) is 3.14. The maximum absolute atomic E-state index is 12.6. The summed E-state index contributed by atoms with van der Waals surface area (Å²) in [6.07, 6.45) is -2.54. The van der Waals surface area contributed by atoms with Gasteiger partial charge in [-0.05, 0) is 17.7 Å². The second-order valence-electron chi connectivity index (χ2n) is 2.90. The molecule has 5 heteroatoms. The zero-order valence-electron chi connectivity index (χ0n) is 8.59. The fraction of sp³-hybridized carbons (Fsp3) is 0.400. The summed E-state index contributed by atoms with van der Waals surface area (Å²) in [4.78, 5) is 4.63. The van der Waals surface area contributed by atoms with E-state index in [-0.39, 0.29) is 11.3 Å². The van der Waals surface area contributed by atoms with Gasteiger partial charge in [0.15, 0.2) is 0 Å². The molecule has 0 aliphatic rings. The third-order valence-electron chi connectivity index (χ3n) is 1.95. The van der Waals surface area contributed by atoms with Crippen LogP contribution in [0.4, 0.5) is 8.78 Å². The van der Waals surface area contributed by atoms with Gasteiger partial charge in [0.25, 0.3) is 6.43 Å². The van der Waals surface area contributed by atoms with Crippen LogP contribution in [0.5, 0.6) is 5.75 Å². The molecule has 0 bridgehead atoms. The maximum atomic E-state index is 12.6. The molecule has 1 aromatic rings. The Morgan fingerprint density at radius 3 is 2.60 bits per heavy atom. The Morgan fingerprint density at radius 1 is 1.33 bits per heavy atom. The van der Waals surface area contributed by atoms with Crippen molar-refractivity contribution >= 4 is 0 Å². The maximum Gasteiger partial charge on any atom is 0.267 e. The van der Waals surface area contributed by atoms with Gasteiger partial charge in [0, 0.05) is 6.54 Å². The lowest BCUT2D eigenvalue weighted by molar-refractivity contribution is 0.0865. The molecule has 0 spiro atoms. The molecule has 0 saturated heterocycles. The molecule has 0 amide bonds. The van der Waals surface area contributed by atoms with Crippen molar-refractivity contribution in [2.45, 2.75) is 13.0 Å². The molecule has 0 aromatic heterocycles. The van der Waals surface area contributed by atoms with E-state index >= 15 is 0 Å². The quantitative estimate of drug-likeness (QED) is 0.767. The number of rotatable bonds is 5. The molecule has 0 unspecified atom stereocenters. The normalized spacial score (nSPS) is 10.7. The molecule has 1 aromatic carbocycles. The first-order valence-electron chi connectivity index (χ1n) is 4.39. The number of hydrogen-bond donors (Lipinski definition) is 1. The third-order valence-corrected chi connectivity index (χ3v) is 1.95. The molecular weight excluding hydrogens is 204 g/mol. The second-order valence-corrected chi connectivity index (χ2v) is 2.90. The highest BCUT2D eigenvalue weighted by Gasteiger charge is 2.14. The van der Waals surface area contributed by atoms with Crippen LogP contribution in [0, 0.1) is 0 Å². The highest BCUT2D eigenvalue weighted by Crippen LogP contribution is 2.29. The van der Waals surface area contributed by atoms with Crippen LogP contribution in [0.3, 0.4) is 0 Å².